The zero-order valence-corrected chi connectivity index (χ0v) is 22.0. The summed E-state index contributed by atoms with van der Waals surface area (Å²) in [5.41, 5.74) is 15.1. The number of rotatable bonds is 15. The van der Waals surface area contributed by atoms with Gasteiger partial charge in [-0.3, -0.25) is 19.2 Å². The number of nitrogens with zero attached hydrogens (tertiary/aromatic N) is 3. The van der Waals surface area contributed by atoms with Gasteiger partial charge in [-0.2, -0.15) is 0 Å². The second-order valence-electron chi connectivity index (χ2n) is 9.08. The van der Waals surface area contributed by atoms with Crippen molar-refractivity contribution in [3.63, 3.8) is 0 Å². The summed E-state index contributed by atoms with van der Waals surface area (Å²) in [6.07, 6.45) is -7.24. The highest BCUT2D eigenvalue weighted by atomic mass is 16.7. The van der Waals surface area contributed by atoms with Crippen LogP contribution in [0.1, 0.15) is 32.3 Å². The summed E-state index contributed by atoms with van der Waals surface area (Å²) in [5.74, 6) is -3.73. The molecular formula is C24H34N6O10. The highest BCUT2D eigenvalue weighted by Gasteiger charge is 2.47. The SMILES string of the molecule is C[C@H](NC(=O)[C@@H](C)O[C@H]1[C@H](O)[C@@H](CO)O[C@@H](OCc2ccccc2)[C@@H]1N=[N+]=[N-])C(=O)N[C@H](CCC(=O)O)C(N)=O. The predicted molar refractivity (Wildman–Crippen MR) is 136 cm³/mol. The van der Waals surface area contributed by atoms with Gasteiger partial charge in [0.1, 0.15) is 42.5 Å². The van der Waals surface area contributed by atoms with Gasteiger partial charge in [0.2, 0.25) is 17.7 Å². The van der Waals surface area contributed by atoms with Crippen molar-refractivity contribution in [1.82, 2.24) is 10.6 Å². The molecule has 0 radical (unpaired) electrons. The summed E-state index contributed by atoms with van der Waals surface area (Å²) in [6, 6.07) is 5.28. The van der Waals surface area contributed by atoms with Crippen LogP contribution >= 0.6 is 0 Å². The van der Waals surface area contributed by atoms with Gasteiger partial charge >= 0.3 is 5.97 Å². The van der Waals surface area contributed by atoms with Gasteiger partial charge in [0.15, 0.2) is 6.29 Å². The Balaban J connectivity index is 2.08. The van der Waals surface area contributed by atoms with Crippen molar-refractivity contribution in [2.75, 3.05) is 6.61 Å². The van der Waals surface area contributed by atoms with Gasteiger partial charge in [-0.05, 0) is 31.4 Å². The molecule has 0 saturated carbocycles. The zero-order valence-electron chi connectivity index (χ0n) is 22.0. The number of aliphatic hydroxyl groups excluding tert-OH is 2. The van der Waals surface area contributed by atoms with Crippen LogP contribution < -0.4 is 16.4 Å². The van der Waals surface area contributed by atoms with Crippen molar-refractivity contribution in [2.24, 2.45) is 10.8 Å². The van der Waals surface area contributed by atoms with Gasteiger partial charge in [0, 0.05) is 11.3 Å². The molecule has 16 heteroatoms. The number of azide groups is 1. The second kappa shape index (κ2) is 15.7. The van der Waals surface area contributed by atoms with E-state index >= 15 is 0 Å². The number of ether oxygens (including phenoxy) is 3. The molecule has 1 aromatic rings. The molecule has 1 aromatic carbocycles. The van der Waals surface area contributed by atoms with Gasteiger partial charge in [-0.1, -0.05) is 35.4 Å². The number of hydrogen-bond donors (Lipinski definition) is 6. The van der Waals surface area contributed by atoms with Crippen LogP contribution in [0.4, 0.5) is 0 Å². The number of carboxylic acid groups (broad SMARTS) is 1. The first-order chi connectivity index (χ1) is 19.0. The Kier molecular flexibility index (Phi) is 12.7. The molecule has 1 aliphatic rings. The van der Waals surface area contributed by atoms with Crippen LogP contribution in [0.3, 0.4) is 0 Å². The molecule has 1 heterocycles. The molecule has 0 unspecified atom stereocenters. The molecule has 2 rings (SSSR count). The standard InChI is InChI=1S/C24H34N6O10/c1-12(22(36)28-15(21(25)35)8-9-17(32)33)27-23(37)13(2)39-20-18(29-30-26)24(40-16(10-31)19(20)34)38-11-14-6-4-3-5-7-14/h3-7,12-13,15-16,18-20,24,31,34H,8-11H2,1-2H3,(H2,25,35)(H,27,37)(H,28,36)(H,32,33)/t12-,13+,15+,16+,18+,19+,20+,24+/m0/s1. The number of nitrogens with two attached hydrogens (primary N) is 1. The molecule has 16 nitrogen and oxygen atoms in total. The average Bonchev–Trinajstić information content (AvgIpc) is 2.92. The van der Waals surface area contributed by atoms with Crippen LogP contribution in [0, 0.1) is 0 Å². The van der Waals surface area contributed by atoms with Crippen molar-refractivity contribution >= 4 is 23.7 Å². The number of primary amides is 1. The number of aliphatic hydroxyl groups is 2. The third-order valence-electron chi connectivity index (χ3n) is 6.05. The summed E-state index contributed by atoms with van der Waals surface area (Å²) < 4.78 is 17.1. The zero-order chi connectivity index (χ0) is 29.8. The predicted octanol–water partition coefficient (Wildman–Crippen LogP) is -0.926. The van der Waals surface area contributed by atoms with E-state index in [4.69, 9.17) is 30.6 Å². The van der Waals surface area contributed by atoms with E-state index in [0.717, 1.165) is 5.56 Å². The Bertz CT molecular complexity index is 1070. The van der Waals surface area contributed by atoms with Gasteiger partial charge in [-0.25, -0.2) is 0 Å². The summed E-state index contributed by atoms with van der Waals surface area (Å²) in [5, 5.41) is 37.6. The van der Waals surface area contributed by atoms with E-state index in [1.54, 1.807) is 24.3 Å². The number of nitrogens with one attached hydrogen (secondary N) is 2. The van der Waals surface area contributed by atoms with Crippen LogP contribution in [0.5, 0.6) is 0 Å². The van der Waals surface area contributed by atoms with Crippen molar-refractivity contribution in [3.8, 4) is 0 Å². The van der Waals surface area contributed by atoms with Gasteiger partial charge < -0.3 is 45.9 Å². The van der Waals surface area contributed by atoms with Crippen molar-refractivity contribution in [3.05, 3.63) is 46.3 Å². The highest BCUT2D eigenvalue weighted by molar-refractivity contribution is 5.92. The average molecular weight is 567 g/mol. The van der Waals surface area contributed by atoms with E-state index in [0.29, 0.717) is 0 Å². The van der Waals surface area contributed by atoms with Crippen LogP contribution in [0.25, 0.3) is 10.4 Å². The van der Waals surface area contributed by atoms with E-state index in [1.807, 2.05) is 6.07 Å². The van der Waals surface area contributed by atoms with Crippen LogP contribution in [-0.2, 0) is 40.0 Å². The molecule has 3 amide bonds. The van der Waals surface area contributed by atoms with Crippen LogP contribution in [-0.4, -0.2) is 94.4 Å². The maximum atomic E-state index is 12.8. The minimum absolute atomic E-state index is 0.0470. The third-order valence-corrected chi connectivity index (χ3v) is 6.05. The fourth-order valence-electron chi connectivity index (χ4n) is 3.83. The Hall–Kier alpha value is -3.79. The molecule has 1 fully saturated rings. The minimum atomic E-state index is -1.52. The third kappa shape index (κ3) is 9.44. The molecule has 40 heavy (non-hydrogen) atoms. The quantitative estimate of drug-likeness (QED) is 0.0863. The number of amides is 3. The Morgan fingerprint density at radius 3 is 2.42 bits per heavy atom. The van der Waals surface area contributed by atoms with Crippen molar-refractivity contribution < 1.29 is 48.7 Å². The lowest BCUT2D eigenvalue weighted by atomic mass is 9.97. The summed E-state index contributed by atoms with van der Waals surface area (Å²) in [6.45, 7) is 2.06. The second-order valence-corrected chi connectivity index (χ2v) is 9.08. The minimum Gasteiger partial charge on any atom is -0.481 e. The first kappa shape index (κ1) is 32.4. The lowest BCUT2D eigenvalue weighted by molar-refractivity contribution is -0.279. The van der Waals surface area contributed by atoms with E-state index in [-0.39, 0.29) is 13.0 Å². The molecule has 1 aliphatic heterocycles. The lowest BCUT2D eigenvalue weighted by Crippen LogP contribution is -2.61. The number of carbonyl (C=O) groups excluding carboxylic acids is 3. The highest BCUT2D eigenvalue weighted by Crippen LogP contribution is 2.28. The number of aliphatic carboxylic acids is 1. The topological polar surface area (TPSA) is 256 Å². The maximum absolute atomic E-state index is 12.8. The van der Waals surface area contributed by atoms with Gasteiger partial charge in [-0.15, -0.1) is 0 Å². The molecule has 0 bridgehead atoms. The number of hydrogen-bond acceptors (Lipinski definition) is 10. The molecule has 7 N–H and O–H groups in total. The fraction of sp³-hybridized carbons (Fsp3) is 0.583. The number of carbonyl (C=O) groups is 4. The molecule has 8 atom stereocenters. The molecule has 1 saturated heterocycles. The van der Waals surface area contributed by atoms with Gasteiger partial charge in [0.05, 0.1) is 13.2 Å². The van der Waals surface area contributed by atoms with Crippen molar-refractivity contribution in [2.45, 2.75) is 82.1 Å². The molecule has 0 aromatic heterocycles. The van der Waals surface area contributed by atoms with E-state index in [2.05, 4.69) is 20.7 Å². The normalized spacial score (nSPS) is 24.6. The summed E-state index contributed by atoms with van der Waals surface area (Å²) in [7, 11) is 0. The first-order valence-corrected chi connectivity index (χ1v) is 12.4. The lowest BCUT2D eigenvalue weighted by Gasteiger charge is -2.43. The summed E-state index contributed by atoms with van der Waals surface area (Å²) in [4.78, 5) is 50.4. The summed E-state index contributed by atoms with van der Waals surface area (Å²) >= 11 is 0. The first-order valence-electron chi connectivity index (χ1n) is 12.4. The fourth-order valence-corrected chi connectivity index (χ4v) is 3.83. The molecule has 0 spiro atoms. The smallest absolute Gasteiger partial charge is 0.303 e. The van der Waals surface area contributed by atoms with E-state index in [9.17, 15) is 29.4 Å². The molecule has 220 valence electrons. The number of carboxylic acids is 1. The molecule has 0 aliphatic carbocycles. The maximum Gasteiger partial charge on any atom is 0.303 e. The largest absolute Gasteiger partial charge is 0.481 e. The van der Waals surface area contributed by atoms with Crippen molar-refractivity contribution in [1.29, 1.82) is 0 Å². The Morgan fingerprint density at radius 1 is 1.18 bits per heavy atom. The van der Waals surface area contributed by atoms with Crippen LogP contribution in [0.15, 0.2) is 35.4 Å². The number of benzene rings is 1. The molecular weight excluding hydrogens is 532 g/mol. The van der Waals surface area contributed by atoms with E-state index < -0.39 is 85.5 Å². The van der Waals surface area contributed by atoms with E-state index in [1.165, 1.54) is 13.8 Å². The monoisotopic (exact) mass is 566 g/mol. The van der Waals surface area contributed by atoms with Crippen LogP contribution in [0.2, 0.25) is 0 Å². The Morgan fingerprint density at radius 2 is 1.85 bits per heavy atom. The Labute approximate surface area is 229 Å². The van der Waals surface area contributed by atoms with Gasteiger partial charge in [0.25, 0.3) is 0 Å².